The largest absolute Gasteiger partial charge is 0.334 e. The first-order valence-electron chi connectivity index (χ1n) is 8.46. The number of hydrogen-bond donors (Lipinski definition) is 1. The van der Waals surface area contributed by atoms with Crippen molar-refractivity contribution in [3.8, 4) is 0 Å². The molecule has 4 nitrogen and oxygen atoms in total. The number of nitrogens with one attached hydrogen (secondary N) is 1. The lowest BCUT2D eigenvalue weighted by atomic mass is 9.78. The van der Waals surface area contributed by atoms with Crippen molar-refractivity contribution in [1.29, 1.82) is 0 Å². The number of rotatable bonds is 10. The average Bonchev–Trinajstić information content (AvgIpc) is 2.54. The summed E-state index contributed by atoms with van der Waals surface area (Å²) >= 11 is 0. The van der Waals surface area contributed by atoms with Gasteiger partial charge in [0.2, 0.25) is 5.91 Å². The van der Waals surface area contributed by atoms with Gasteiger partial charge in [0, 0.05) is 19.3 Å². The monoisotopic (exact) mass is 317 g/mol. The molecule has 0 aliphatic heterocycles. The first kappa shape index (κ1) is 19.1. The lowest BCUT2D eigenvalue weighted by Crippen LogP contribution is -2.57. The third kappa shape index (κ3) is 4.50. The van der Waals surface area contributed by atoms with E-state index in [0.29, 0.717) is 31.2 Å². The molecule has 0 spiro atoms. The van der Waals surface area contributed by atoms with Crippen LogP contribution in [0.2, 0.25) is 0 Å². The van der Waals surface area contributed by atoms with Crippen molar-refractivity contribution >= 4 is 17.5 Å². The lowest BCUT2D eigenvalue weighted by Gasteiger charge is -2.32. The Kier molecular flexibility index (Phi) is 7.66. The minimum Gasteiger partial charge on any atom is -0.334 e. The van der Waals surface area contributed by atoms with Gasteiger partial charge in [0.25, 0.3) is 0 Å². The maximum atomic E-state index is 12.9. The van der Waals surface area contributed by atoms with Crippen LogP contribution in [0.1, 0.15) is 64.9 Å². The highest BCUT2D eigenvalue weighted by Crippen LogP contribution is 2.28. The number of ketones is 2. The smallest absolute Gasteiger partial charge is 0.221 e. The molecule has 0 fully saturated rings. The molecule has 23 heavy (non-hydrogen) atoms. The highest BCUT2D eigenvalue weighted by Gasteiger charge is 2.46. The van der Waals surface area contributed by atoms with E-state index in [1.807, 2.05) is 26.8 Å². The maximum absolute atomic E-state index is 12.9. The summed E-state index contributed by atoms with van der Waals surface area (Å²) in [5.41, 5.74) is -0.985. The first-order chi connectivity index (χ1) is 11.0. The van der Waals surface area contributed by atoms with E-state index in [-0.39, 0.29) is 30.3 Å². The molecule has 1 N–H and O–H groups in total. The Morgan fingerprint density at radius 1 is 0.826 bits per heavy atom. The number of Topliss-reactive ketones (excluding diaryl/α,β-unsaturated/α-hetero) is 2. The van der Waals surface area contributed by atoms with Crippen LogP contribution in [0.4, 0.5) is 0 Å². The normalized spacial score (nSPS) is 11.1. The highest BCUT2D eigenvalue weighted by molar-refractivity contribution is 6.14. The van der Waals surface area contributed by atoms with E-state index in [1.54, 1.807) is 24.3 Å². The van der Waals surface area contributed by atoms with E-state index in [9.17, 15) is 14.4 Å². The van der Waals surface area contributed by atoms with Gasteiger partial charge in [-0.25, -0.2) is 0 Å². The third-order valence-corrected chi connectivity index (χ3v) is 3.80. The SMILES string of the molecule is CCCC(=O)NC(C(=O)CCC)(C(=O)CCC)c1ccccc1. The van der Waals surface area contributed by atoms with Crippen LogP contribution in [0.15, 0.2) is 30.3 Å². The van der Waals surface area contributed by atoms with E-state index in [0.717, 1.165) is 0 Å². The summed E-state index contributed by atoms with van der Waals surface area (Å²) in [6.45, 7) is 5.68. The molecule has 0 radical (unpaired) electrons. The molecule has 0 aromatic heterocycles. The summed E-state index contributed by atoms with van der Waals surface area (Å²) in [6.07, 6.45) is 2.76. The fraction of sp³-hybridized carbons (Fsp3) is 0.526. The fourth-order valence-electron chi connectivity index (χ4n) is 2.71. The zero-order valence-electron chi connectivity index (χ0n) is 14.4. The number of amides is 1. The standard InChI is InChI=1S/C19H27NO3/c1-4-10-16(21)19(17(22)11-5-2,20-18(23)12-6-3)15-13-8-7-9-14-15/h7-9,13-14H,4-6,10-12H2,1-3H3,(H,20,23). The van der Waals surface area contributed by atoms with Crippen molar-refractivity contribution in [2.75, 3.05) is 0 Å². The van der Waals surface area contributed by atoms with Gasteiger partial charge in [0.1, 0.15) is 0 Å². The zero-order chi connectivity index (χ0) is 17.3. The van der Waals surface area contributed by atoms with Crippen molar-refractivity contribution in [2.24, 2.45) is 0 Å². The van der Waals surface area contributed by atoms with Crippen LogP contribution < -0.4 is 5.32 Å². The van der Waals surface area contributed by atoms with E-state index < -0.39 is 5.54 Å². The van der Waals surface area contributed by atoms with Gasteiger partial charge in [-0.3, -0.25) is 14.4 Å². The molecule has 0 heterocycles. The summed E-state index contributed by atoms with van der Waals surface area (Å²) in [7, 11) is 0. The maximum Gasteiger partial charge on any atom is 0.221 e. The summed E-state index contributed by atoms with van der Waals surface area (Å²) in [4.78, 5) is 38.0. The number of carbonyl (C=O) groups is 3. The zero-order valence-corrected chi connectivity index (χ0v) is 14.4. The first-order valence-corrected chi connectivity index (χ1v) is 8.46. The Morgan fingerprint density at radius 2 is 1.30 bits per heavy atom. The Balaban J connectivity index is 3.41. The topological polar surface area (TPSA) is 63.2 Å². The molecule has 1 rings (SSSR count). The van der Waals surface area contributed by atoms with Crippen molar-refractivity contribution in [1.82, 2.24) is 5.32 Å². The quantitative estimate of drug-likeness (QED) is 0.671. The summed E-state index contributed by atoms with van der Waals surface area (Å²) in [6, 6.07) is 8.89. The molecule has 1 aromatic rings. The van der Waals surface area contributed by atoms with Crippen molar-refractivity contribution < 1.29 is 14.4 Å². The van der Waals surface area contributed by atoms with Gasteiger partial charge in [0.05, 0.1) is 0 Å². The van der Waals surface area contributed by atoms with Gasteiger partial charge in [0.15, 0.2) is 17.1 Å². The fourth-order valence-corrected chi connectivity index (χ4v) is 2.71. The molecule has 0 unspecified atom stereocenters. The van der Waals surface area contributed by atoms with Crippen LogP contribution in [-0.4, -0.2) is 17.5 Å². The Hall–Kier alpha value is -1.97. The second-order valence-corrected chi connectivity index (χ2v) is 5.76. The molecule has 0 aliphatic rings. The molecule has 4 heteroatoms. The molecule has 1 aromatic carbocycles. The molecular formula is C19H27NO3. The molecule has 0 saturated carbocycles. The molecular weight excluding hydrogens is 290 g/mol. The van der Waals surface area contributed by atoms with Crippen molar-refractivity contribution in [3.05, 3.63) is 35.9 Å². The molecule has 0 saturated heterocycles. The summed E-state index contributed by atoms with van der Waals surface area (Å²) in [5.74, 6) is -0.714. The molecule has 126 valence electrons. The van der Waals surface area contributed by atoms with Crippen LogP contribution in [0.3, 0.4) is 0 Å². The predicted molar refractivity (Wildman–Crippen MR) is 91.0 cm³/mol. The number of benzene rings is 1. The van der Waals surface area contributed by atoms with Gasteiger partial charge >= 0.3 is 0 Å². The van der Waals surface area contributed by atoms with Gasteiger partial charge in [-0.15, -0.1) is 0 Å². The van der Waals surface area contributed by atoms with Gasteiger partial charge in [-0.2, -0.15) is 0 Å². The van der Waals surface area contributed by atoms with Crippen LogP contribution in [-0.2, 0) is 19.9 Å². The average molecular weight is 317 g/mol. The number of hydrogen-bond acceptors (Lipinski definition) is 3. The van der Waals surface area contributed by atoms with Gasteiger partial charge in [-0.05, 0) is 24.8 Å². The number of carbonyl (C=O) groups excluding carboxylic acids is 3. The highest BCUT2D eigenvalue weighted by atomic mass is 16.2. The Labute approximate surface area is 138 Å². The van der Waals surface area contributed by atoms with Crippen LogP contribution >= 0.6 is 0 Å². The van der Waals surface area contributed by atoms with Crippen molar-refractivity contribution in [3.63, 3.8) is 0 Å². The lowest BCUT2D eigenvalue weighted by molar-refractivity contribution is -0.142. The van der Waals surface area contributed by atoms with E-state index >= 15 is 0 Å². The second-order valence-electron chi connectivity index (χ2n) is 5.76. The molecule has 0 aliphatic carbocycles. The van der Waals surface area contributed by atoms with E-state index in [4.69, 9.17) is 0 Å². The molecule has 1 amide bonds. The van der Waals surface area contributed by atoms with Crippen molar-refractivity contribution in [2.45, 2.75) is 64.8 Å². The van der Waals surface area contributed by atoms with Gasteiger partial charge in [-0.1, -0.05) is 51.1 Å². The summed E-state index contributed by atoms with van der Waals surface area (Å²) in [5, 5.41) is 2.78. The van der Waals surface area contributed by atoms with Crippen LogP contribution in [0.5, 0.6) is 0 Å². The Morgan fingerprint density at radius 3 is 1.74 bits per heavy atom. The second kappa shape index (κ2) is 9.23. The molecule has 0 bridgehead atoms. The third-order valence-electron chi connectivity index (χ3n) is 3.80. The minimum absolute atomic E-state index is 0.228. The van der Waals surface area contributed by atoms with E-state index in [2.05, 4.69) is 5.32 Å². The molecule has 0 atom stereocenters. The minimum atomic E-state index is -1.54. The van der Waals surface area contributed by atoms with Crippen LogP contribution in [0.25, 0.3) is 0 Å². The predicted octanol–water partition coefficient (Wildman–Crippen LogP) is 3.54. The van der Waals surface area contributed by atoms with Gasteiger partial charge < -0.3 is 5.32 Å². The Bertz CT molecular complexity index is 519. The van der Waals surface area contributed by atoms with E-state index in [1.165, 1.54) is 0 Å². The summed E-state index contributed by atoms with van der Waals surface area (Å²) < 4.78 is 0. The van der Waals surface area contributed by atoms with Crippen LogP contribution in [0, 0.1) is 0 Å².